The highest BCUT2D eigenvalue weighted by Gasteiger charge is 2.41. The van der Waals surface area contributed by atoms with Gasteiger partial charge in [-0.25, -0.2) is 8.42 Å². The van der Waals surface area contributed by atoms with Crippen LogP contribution in [0, 0.1) is 0 Å². The Kier molecular flexibility index (Phi) is 5.84. The second-order valence-electron chi connectivity index (χ2n) is 8.75. The summed E-state index contributed by atoms with van der Waals surface area (Å²) in [5, 5.41) is 4.09. The topological polar surface area (TPSA) is 79.3 Å². The molecule has 1 aliphatic carbocycles. The van der Waals surface area contributed by atoms with Gasteiger partial charge in [0.1, 0.15) is 0 Å². The Balaban J connectivity index is 1.52. The van der Waals surface area contributed by atoms with Gasteiger partial charge >= 0.3 is 0 Å². The molecule has 2 aromatic heterocycles. The highest BCUT2D eigenvalue weighted by atomic mass is 32.2. The summed E-state index contributed by atoms with van der Waals surface area (Å²) >= 11 is 5.78. The number of hydrogen-bond acceptors (Lipinski definition) is 4. The van der Waals surface area contributed by atoms with Gasteiger partial charge in [0, 0.05) is 36.0 Å². The number of rotatable bonds is 6. The Morgan fingerprint density at radius 3 is 2.52 bits per heavy atom. The number of anilines is 2. The summed E-state index contributed by atoms with van der Waals surface area (Å²) in [6, 6.07) is 15.8. The van der Waals surface area contributed by atoms with Gasteiger partial charge in [-0.3, -0.25) is 9.71 Å². The Morgan fingerprint density at radius 2 is 1.85 bits per heavy atom. The molecule has 3 aromatic rings. The van der Waals surface area contributed by atoms with Crippen molar-refractivity contribution >= 4 is 38.7 Å². The number of nitrogens with zero attached hydrogens (tertiary/aromatic N) is 3. The van der Waals surface area contributed by atoms with Gasteiger partial charge in [0.25, 0.3) is 0 Å². The molecule has 2 N–H and O–H groups in total. The van der Waals surface area contributed by atoms with E-state index >= 15 is 0 Å². The lowest BCUT2D eigenvalue weighted by Crippen LogP contribution is -2.29. The first-order valence-corrected chi connectivity index (χ1v) is 13.4. The van der Waals surface area contributed by atoms with Gasteiger partial charge in [-0.15, -0.1) is 0 Å². The minimum atomic E-state index is -3.34. The van der Waals surface area contributed by atoms with Crippen LogP contribution in [0.4, 0.5) is 11.4 Å². The van der Waals surface area contributed by atoms with Crippen molar-refractivity contribution in [2.45, 2.75) is 43.8 Å². The molecule has 2 fully saturated rings. The van der Waals surface area contributed by atoms with Crippen molar-refractivity contribution in [1.82, 2.24) is 14.9 Å². The molecule has 0 spiro atoms. The number of benzene rings is 1. The summed E-state index contributed by atoms with van der Waals surface area (Å²) in [6.07, 6.45) is 12.4. The third kappa shape index (κ3) is 4.60. The molecule has 1 aromatic carbocycles. The minimum absolute atomic E-state index is 0.0798. The second kappa shape index (κ2) is 8.79. The fraction of sp³-hybridized carbons (Fsp3) is 0.333. The van der Waals surface area contributed by atoms with E-state index in [1.165, 1.54) is 31.2 Å². The van der Waals surface area contributed by atoms with Gasteiger partial charge in [0.05, 0.1) is 24.0 Å². The molecule has 1 aliphatic heterocycles. The fourth-order valence-corrected chi connectivity index (χ4v) is 5.82. The highest BCUT2D eigenvalue weighted by Crippen LogP contribution is 2.42. The van der Waals surface area contributed by atoms with E-state index in [-0.39, 0.29) is 12.1 Å². The molecule has 0 bridgehead atoms. The lowest BCUT2D eigenvalue weighted by molar-refractivity contribution is 0.515. The predicted octanol–water partition coefficient (Wildman–Crippen LogP) is 4.55. The molecule has 1 saturated heterocycles. The van der Waals surface area contributed by atoms with Crippen molar-refractivity contribution in [3.63, 3.8) is 0 Å². The lowest BCUT2D eigenvalue weighted by Gasteiger charge is -2.27. The summed E-state index contributed by atoms with van der Waals surface area (Å²) in [6.45, 7) is 0. The summed E-state index contributed by atoms with van der Waals surface area (Å²) in [5.41, 5.74) is 3.51. The average molecular weight is 482 g/mol. The second-order valence-corrected chi connectivity index (χ2v) is 10.9. The first kappa shape index (κ1) is 21.9. The van der Waals surface area contributed by atoms with Crippen LogP contribution in [-0.2, 0) is 10.0 Å². The van der Waals surface area contributed by atoms with E-state index in [1.54, 1.807) is 18.3 Å². The van der Waals surface area contributed by atoms with E-state index in [0.29, 0.717) is 16.8 Å². The maximum absolute atomic E-state index is 11.6. The minimum Gasteiger partial charge on any atom is -0.351 e. The van der Waals surface area contributed by atoms with Gasteiger partial charge < -0.3 is 14.8 Å². The van der Waals surface area contributed by atoms with E-state index in [2.05, 4.69) is 42.9 Å². The monoisotopic (exact) mass is 481 g/mol. The summed E-state index contributed by atoms with van der Waals surface area (Å²) in [4.78, 5) is 6.71. The van der Waals surface area contributed by atoms with Crippen LogP contribution in [0.3, 0.4) is 0 Å². The molecule has 9 heteroatoms. The summed E-state index contributed by atoms with van der Waals surface area (Å²) < 4.78 is 28.0. The van der Waals surface area contributed by atoms with E-state index < -0.39 is 10.0 Å². The third-order valence-corrected chi connectivity index (χ3v) is 7.29. The molecule has 7 nitrogen and oxygen atoms in total. The lowest BCUT2D eigenvalue weighted by atomic mass is 9.98. The third-order valence-electron chi connectivity index (χ3n) is 6.37. The van der Waals surface area contributed by atoms with Gasteiger partial charge in [-0.05, 0) is 73.1 Å². The van der Waals surface area contributed by atoms with Crippen molar-refractivity contribution < 1.29 is 8.42 Å². The van der Waals surface area contributed by atoms with E-state index in [4.69, 9.17) is 12.2 Å². The van der Waals surface area contributed by atoms with Crippen LogP contribution < -0.4 is 14.9 Å². The molecule has 2 aliphatic rings. The summed E-state index contributed by atoms with van der Waals surface area (Å²) in [7, 11) is -3.34. The standard InChI is InChI=1S/C24H27N5O2S2/c1-33(30,31)27-18-9-11-20(12-10-18)29-23(17-13-15-28(16-17)19-6-2-3-7-19)22(26-24(29)32)21-8-4-5-14-25-21/h4-5,8-16,19,22-23,27H,2-3,6-7H2,1H3,(H,26,32). The molecule has 0 radical (unpaired) electrons. The fourth-order valence-electron chi connectivity index (χ4n) is 4.91. The van der Waals surface area contributed by atoms with Crippen molar-refractivity contribution in [2.75, 3.05) is 15.9 Å². The van der Waals surface area contributed by atoms with Gasteiger partial charge in [-0.1, -0.05) is 18.9 Å². The molecular weight excluding hydrogens is 454 g/mol. The van der Waals surface area contributed by atoms with Crippen LogP contribution in [0.15, 0.2) is 67.1 Å². The van der Waals surface area contributed by atoms with Gasteiger partial charge in [0.2, 0.25) is 10.0 Å². The molecule has 1 saturated carbocycles. The number of hydrogen-bond donors (Lipinski definition) is 2. The number of sulfonamides is 1. The number of thiocarbonyl (C=S) groups is 1. The van der Waals surface area contributed by atoms with E-state index in [9.17, 15) is 8.42 Å². The largest absolute Gasteiger partial charge is 0.351 e. The predicted molar refractivity (Wildman–Crippen MR) is 135 cm³/mol. The van der Waals surface area contributed by atoms with Gasteiger partial charge in [-0.2, -0.15) is 0 Å². The zero-order chi connectivity index (χ0) is 23.0. The van der Waals surface area contributed by atoms with Crippen LogP contribution in [0.2, 0.25) is 0 Å². The van der Waals surface area contributed by atoms with Crippen LogP contribution in [-0.4, -0.2) is 29.3 Å². The van der Waals surface area contributed by atoms with Crippen LogP contribution in [0.5, 0.6) is 0 Å². The normalized spacial score (nSPS) is 21.4. The van der Waals surface area contributed by atoms with Crippen LogP contribution in [0.25, 0.3) is 0 Å². The number of pyridine rings is 1. The first-order chi connectivity index (χ1) is 15.9. The molecule has 2 unspecified atom stereocenters. The van der Waals surface area contributed by atoms with Crippen molar-refractivity contribution in [3.05, 3.63) is 78.4 Å². The SMILES string of the molecule is CS(=O)(=O)Nc1ccc(N2C(=S)NC(c3ccccn3)C2c2ccn(C3CCCC3)c2)cc1. The Labute approximate surface area is 199 Å². The number of aromatic nitrogens is 2. The van der Waals surface area contributed by atoms with Crippen molar-refractivity contribution in [1.29, 1.82) is 0 Å². The smallest absolute Gasteiger partial charge is 0.229 e. The van der Waals surface area contributed by atoms with Crippen molar-refractivity contribution in [3.8, 4) is 0 Å². The molecule has 2 atom stereocenters. The van der Waals surface area contributed by atoms with E-state index in [0.717, 1.165) is 17.6 Å². The average Bonchev–Trinajstić information content (AvgIpc) is 3.53. The molecule has 33 heavy (non-hydrogen) atoms. The highest BCUT2D eigenvalue weighted by molar-refractivity contribution is 7.92. The number of nitrogens with one attached hydrogen (secondary N) is 2. The zero-order valence-corrected chi connectivity index (χ0v) is 20.0. The Hall–Kier alpha value is -2.91. The Morgan fingerprint density at radius 1 is 1.09 bits per heavy atom. The Bertz CT molecular complexity index is 1240. The van der Waals surface area contributed by atoms with Crippen molar-refractivity contribution in [2.24, 2.45) is 0 Å². The molecule has 172 valence electrons. The maximum atomic E-state index is 11.6. The molecule has 3 heterocycles. The van der Waals surface area contributed by atoms with E-state index in [1.807, 2.05) is 30.3 Å². The molecule has 0 amide bonds. The van der Waals surface area contributed by atoms with Crippen LogP contribution in [0.1, 0.15) is 55.1 Å². The zero-order valence-electron chi connectivity index (χ0n) is 18.4. The molecule has 5 rings (SSSR count). The van der Waals surface area contributed by atoms with Gasteiger partial charge in [0.15, 0.2) is 5.11 Å². The maximum Gasteiger partial charge on any atom is 0.229 e. The molecular formula is C24H27N5O2S2. The quantitative estimate of drug-likeness (QED) is 0.503. The summed E-state index contributed by atoms with van der Waals surface area (Å²) in [5.74, 6) is 0. The first-order valence-electron chi connectivity index (χ1n) is 11.1. The van der Waals surface area contributed by atoms with Crippen LogP contribution >= 0.6 is 12.2 Å².